The number of hydrogen-bond acceptors (Lipinski definition) is 4. The zero-order valence-corrected chi connectivity index (χ0v) is 12.2. The van der Waals surface area contributed by atoms with E-state index in [0.717, 1.165) is 4.88 Å². The Morgan fingerprint density at radius 3 is 2.44 bits per heavy atom. The lowest BCUT2D eigenvalue weighted by Crippen LogP contribution is -2.25. The Labute approximate surface area is 111 Å². The topological polar surface area (TPSA) is 83.5 Å². The number of sulfonamides is 1. The van der Waals surface area contributed by atoms with Gasteiger partial charge in [0.25, 0.3) is 0 Å². The van der Waals surface area contributed by atoms with Crippen molar-refractivity contribution in [2.45, 2.75) is 36.8 Å². The molecule has 1 rings (SSSR count). The smallest absolute Gasteiger partial charge is 0.304 e. The second kappa shape index (κ2) is 5.38. The van der Waals surface area contributed by atoms with Crippen LogP contribution in [-0.4, -0.2) is 26.0 Å². The zero-order chi connectivity index (χ0) is 14.0. The molecule has 2 N–H and O–H groups in total. The highest BCUT2D eigenvalue weighted by molar-refractivity contribution is 7.91. The molecule has 5 nitrogen and oxygen atoms in total. The molecule has 102 valence electrons. The van der Waals surface area contributed by atoms with Gasteiger partial charge in [0.1, 0.15) is 4.21 Å². The van der Waals surface area contributed by atoms with E-state index in [2.05, 4.69) is 4.72 Å². The third-order valence-corrected chi connectivity index (χ3v) is 5.68. The molecule has 0 aliphatic carbocycles. The van der Waals surface area contributed by atoms with E-state index in [1.54, 1.807) is 12.1 Å². The van der Waals surface area contributed by atoms with E-state index in [-0.39, 0.29) is 22.6 Å². The normalized spacial score (nSPS) is 12.6. The van der Waals surface area contributed by atoms with Crippen LogP contribution in [0.2, 0.25) is 0 Å². The van der Waals surface area contributed by atoms with E-state index in [1.165, 1.54) is 11.3 Å². The fourth-order valence-electron chi connectivity index (χ4n) is 1.23. The second-order valence-electron chi connectivity index (χ2n) is 4.91. The molecule has 0 radical (unpaired) electrons. The van der Waals surface area contributed by atoms with Gasteiger partial charge in [0, 0.05) is 11.4 Å². The van der Waals surface area contributed by atoms with Crippen molar-refractivity contribution in [1.29, 1.82) is 0 Å². The van der Waals surface area contributed by atoms with E-state index in [1.807, 2.05) is 20.8 Å². The molecule has 0 bridgehead atoms. The fraction of sp³-hybridized carbons (Fsp3) is 0.545. The molecule has 0 fully saturated rings. The van der Waals surface area contributed by atoms with Crippen molar-refractivity contribution in [3.8, 4) is 0 Å². The summed E-state index contributed by atoms with van der Waals surface area (Å²) < 4.78 is 26.2. The first kappa shape index (κ1) is 15.1. The van der Waals surface area contributed by atoms with Gasteiger partial charge < -0.3 is 5.11 Å². The van der Waals surface area contributed by atoms with Crippen LogP contribution in [-0.2, 0) is 20.2 Å². The molecule has 0 amide bonds. The van der Waals surface area contributed by atoms with Crippen LogP contribution in [0, 0.1) is 0 Å². The standard InChI is InChI=1S/C11H17NO4S2/c1-11(2,3)8-4-5-10(17-8)18(15,16)12-7-6-9(13)14/h4-5,12H,6-7H2,1-3H3,(H,13,14). The molecule has 1 aromatic rings. The minimum Gasteiger partial charge on any atom is -0.481 e. The molecule has 0 unspecified atom stereocenters. The van der Waals surface area contributed by atoms with Crippen LogP contribution in [0.4, 0.5) is 0 Å². The summed E-state index contributed by atoms with van der Waals surface area (Å²) in [5.74, 6) is -1.03. The van der Waals surface area contributed by atoms with Crippen LogP contribution in [0.3, 0.4) is 0 Å². The Bertz CT molecular complexity index is 525. The van der Waals surface area contributed by atoms with E-state index in [9.17, 15) is 13.2 Å². The van der Waals surface area contributed by atoms with E-state index < -0.39 is 16.0 Å². The molecular formula is C11H17NO4S2. The molecule has 0 spiro atoms. The summed E-state index contributed by atoms with van der Waals surface area (Å²) >= 11 is 1.21. The molecule has 0 saturated heterocycles. The third-order valence-electron chi connectivity index (χ3n) is 2.22. The lowest BCUT2D eigenvalue weighted by Gasteiger charge is -2.15. The van der Waals surface area contributed by atoms with Gasteiger partial charge in [0.15, 0.2) is 0 Å². The SMILES string of the molecule is CC(C)(C)c1ccc(S(=O)(=O)NCCC(=O)O)s1. The first-order valence-electron chi connectivity index (χ1n) is 5.45. The minimum absolute atomic E-state index is 0.0968. The number of carboxylic acids is 1. The summed E-state index contributed by atoms with van der Waals surface area (Å²) in [7, 11) is -3.59. The monoisotopic (exact) mass is 291 g/mol. The van der Waals surface area contributed by atoms with Crippen molar-refractivity contribution in [1.82, 2.24) is 4.72 Å². The molecule has 0 aromatic carbocycles. The Morgan fingerprint density at radius 2 is 2.00 bits per heavy atom. The van der Waals surface area contributed by atoms with Gasteiger partial charge in [-0.05, 0) is 17.5 Å². The van der Waals surface area contributed by atoms with Crippen molar-refractivity contribution in [2.75, 3.05) is 6.54 Å². The fourth-order valence-corrected chi connectivity index (χ4v) is 3.67. The van der Waals surface area contributed by atoms with Gasteiger partial charge in [0.2, 0.25) is 10.0 Å². The number of aliphatic carboxylic acids is 1. The Morgan fingerprint density at radius 1 is 1.39 bits per heavy atom. The number of carbonyl (C=O) groups is 1. The zero-order valence-electron chi connectivity index (χ0n) is 10.6. The second-order valence-corrected chi connectivity index (χ2v) is 7.99. The molecule has 1 aromatic heterocycles. The minimum atomic E-state index is -3.59. The molecule has 1 heterocycles. The van der Waals surface area contributed by atoms with Gasteiger partial charge in [-0.1, -0.05) is 20.8 Å². The number of rotatable bonds is 5. The molecule has 0 saturated carbocycles. The van der Waals surface area contributed by atoms with Crippen molar-refractivity contribution >= 4 is 27.3 Å². The molecule has 0 atom stereocenters. The lowest BCUT2D eigenvalue weighted by molar-refractivity contribution is -0.136. The highest BCUT2D eigenvalue weighted by atomic mass is 32.2. The van der Waals surface area contributed by atoms with Gasteiger partial charge in [-0.3, -0.25) is 4.79 Å². The Kier molecular flexibility index (Phi) is 4.52. The summed E-state index contributed by atoms with van der Waals surface area (Å²) in [4.78, 5) is 11.3. The Balaban J connectivity index is 2.80. The average Bonchev–Trinajstić information content (AvgIpc) is 2.64. The molecule has 0 aliphatic rings. The predicted octanol–water partition coefficient (Wildman–Crippen LogP) is 1.80. The third kappa shape index (κ3) is 4.08. The Hall–Kier alpha value is -0.920. The van der Waals surface area contributed by atoms with Gasteiger partial charge in [-0.2, -0.15) is 0 Å². The first-order valence-corrected chi connectivity index (χ1v) is 7.75. The predicted molar refractivity (Wildman–Crippen MR) is 70.5 cm³/mol. The van der Waals surface area contributed by atoms with Gasteiger partial charge in [0.05, 0.1) is 6.42 Å². The number of thiophene rings is 1. The summed E-state index contributed by atoms with van der Waals surface area (Å²) in [5.41, 5.74) is -0.0977. The summed E-state index contributed by atoms with van der Waals surface area (Å²) in [6.07, 6.45) is -0.225. The number of nitrogens with one attached hydrogen (secondary N) is 1. The molecule has 0 aliphatic heterocycles. The summed E-state index contributed by atoms with van der Waals surface area (Å²) in [5, 5.41) is 8.46. The number of carboxylic acid groups (broad SMARTS) is 1. The quantitative estimate of drug-likeness (QED) is 0.866. The largest absolute Gasteiger partial charge is 0.481 e. The van der Waals surface area contributed by atoms with Crippen LogP contribution >= 0.6 is 11.3 Å². The van der Waals surface area contributed by atoms with E-state index >= 15 is 0 Å². The lowest BCUT2D eigenvalue weighted by atomic mass is 9.95. The highest BCUT2D eigenvalue weighted by Crippen LogP contribution is 2.31. The van der Waals surface area contributed by atoms with Crippen LogP contribution in [0.1, 0.15) is 32.1 Å². The molecule has 7 heteroatoms. The van der Waals surface area contributed by atoms with Crippen LogP contribution in [0.15, 0.2) is 16.3 Å². The van der Waals surface area contributed by atoms with Crippen LogP contribution in [0.5, 0.6) is 0 Å². The van der Waals surface area contributed by atoms with Crippen molar-refractivity contribution < 1.29 is 18.3 Å². The van der Waals surface area contributed by atoms with Crippen LogP contribution in [0.25, 0.3) is 0 Å². The highest BCUT2D eigenvalue weighted by Gasteiger charge is 2.21. The van der Waals surface area contributed by atoms with Gasteiger partial charge >= 0.3 is 5.97 Å². The average molecular weight is 291 g/mol. The van der Waals surface area contributed by atoms with Crippen LogP contribution < -0.4 is 4.72 Å². The molecule has 18 heavy (non-hydrogen) atoms. The maximum atomic E-state index is 11.9. The van der Waals surface area contributed by atoms with Crippen molar-refractivity contribution in [3.63, 3.8) is 0 Å². The molecular weight excluding hydrogens is 274 g/mol. The van der Waals surface area contributed by atoms with Crippen molar-refractivity contribution in [3.05, 3.63) is 17.0 Å². The summed E-state index contributed by atoms with van der Waals surface area (Å²) in [6.45, 7) is 5.92. The van der Waals surface area contributed by atoms with Gasteiger partial charge in [-0.15, -0.1) is 11.3 Å². The van der Waals surface area contributed by atoms with E-state index in [4.69, 9.17) is 5.11 Å². The first-order chi connectivity index (χ1) is 8.13. The van der Waals surface area contributed by atoms with E-state index in [0.29, 0.717) is 0 Å². The summed E-state index contributed by atoms with van der Waals surface area (Å²) in [6, 6.07) is 3.34. The van der Waals surface area contributed by atoms with Crippen molar-refractivity contribution in [2.24, 2.45) is 0 Å². The maximum absolute atomic E-state index is 11.9. The number of hydrogen-bond donors (Lipinski definition) is 2. The maximum Gasteiger partial charge on any atom is 0.304 e. The van der Waals surface area contributed by atoms with Gasteiger partial charge in [-0.25, -0.2) is 13.1 Å².